The van der Waals surface area contributed by atoms with E-state index < -0.39 is 0 Å². The maximum Gasteiger partial charge on any atom is 0.156 e. The highest BCUT2D eigenvalue weighted by molar-refractivity contribution is 14.1. The summed E-state index contributed by atoms with van der Waals surface area (Å²) in [5.74, 6) is 0.700. The zero-order valence-corrected chi connectivity index (χ0v) is 12.7. The van der Waals surface area contributed by atoms with Crippen molar-refractivity contribution in [2.45, 2.75) is 6.61 Å². The topological polar surface area (TPSA) is 35.2 Å². The summed E-state index contributed by atoms with van der Waals surface area (Å²) in [6.07, 6.45) is 0. The van der Waals surface area contributed by atoms with Crippen LogP contribution in [-0.2, 0) is 6.61 Å². The standard InChI is InChI=1S/C13H11BrINO/c14-11-2-1-3-12(16)13(11)17-8-9-4-6-10(15)7-5-9/h1-7H,8,16H2. The first kappa shape index (κ1) is 12.7. The Balaban J connectivity index is 2.10. The van der Waals surface area contributed by atoms with Crippen LogP contribution in [0.3, 0.4) is 0 Å². The molecule has 2 nitrogen and oxygen atoms in total. The van der Waals surface area contributed by atoms with E-state index in [1.807, 2.05) is 18.2 Å². The van der Waals surface area contributed by atoms with Gasteiger partial charge in [0.1, 0.15) is 6.61 Å². The van der Waals surface area contributed by atoms with Gasteiger partial charge in [0.2, 0.25) is 0 Å². The Morgan fingerprint density at radius 3 is 2.47 bits per heavy atom. The van der Waals surface area contributed by atoms with Crippen molar-refractivity contribution in [2.24, 2.45) is 0 Å². The molecule has 0 heterocycles. The highest BCUT2D eigenvalue weighted by Crippen LogP contribution is 2.31. The van der Waals surface area contributed by atoms with Crippen LogP contribution in [0.4, 0.5) is 5.69 Å². The smallest absolute Gasteiger partial charge is 0.156 e. The average Bonchev–Trinajstić information content (AvgIpc) is 2.31. The molecule has 17 heavy (non-hydrogen) atoms. The summed E-state index contributed by atoms with van der Waals surface area (Å²) < 4.78 is 7.81. The summed E-state index contributed by atoms with van der Waals surface area (Å²) in [5.41, 5.74) is 7.62. The Bertz CT molecular complexity index is 493. The number of halogens is 2. The lowest BCUT2D eigenvalue weighted by Crippen LogP contribution is -1.99. The van der Waals surface area contributed by atoms with E-state index in [0.29, 0.717) is 18.0 Å². The van der Waals surface area contributed by atoms with Crippen LogP contribution in [0.15, 0.2) is 46.9 Å². The minimum Gasteiger partial charge on any atom is -0.486 e. The molecule has 0 aliphatic carbocycles. The molecule has 0 spiro atoms. The van der Waals surface area contributed by atoms with E-state index in [2.05, 4.69) is 62.8 Å². The molecule has 2 N–H and O–H groups in total. The van der Waals surface area contributed by atoms with Crippen molar-refractivity contribution >= 4 is 44.2 Å². The van der Waals surface area contributed by atoms with Gasteiger partial charge in [-0.15, -0.1) is 0 Å². The molecule has 0 aliphatic rings. The lowest BCUT2D eigenvalue weighted by Gasteiger charge is -2.10. The van der Waals surface area contributed by atoms with Crippen molar-refractivity contribution in [3.63, 3.8) is 0 Å². The van der Waals surface area contributed by atoms with Crippen LogP contribution in [0.5, 0.6) is 5.75 Å². The quantitative estimate of drug-likeness (QED) is 0.615. The minimum absolute atomic E-state index is 0.518. The predicted octanol–water partition coefficient (Wildman–Crippen LogP) is 4.21. The maximum atomic E-state index is 5.85. The SMILES string of the molecule is Nc1cccc(Br)c1OCc1ccc(I)cc1. The van der Waals surface area contributed by atoms with Gasteiger partial charge in [-0.05, 0) is 68.3 Å². The van der Waals surface area contributed by atoms with Crippen molar-refractivity contribution in [2.75, 3.05) is 5.73 Å². The van der Waals surface area contributed by atoms with Gasteiger partial charge in [-0.1, -0.05) is 18.2 Å². The van der Waals surface area contributed by atoms with Crippen molar-refractivity contribution in [3.8, 4) is 5.75 Å². The number of ether oxygens (including phenoxy) is 1. The summed E-state index contributed by atoms with van der Waals surface area (Å²) in [5, 5.41) is 0. The lowest BCUT2D eigenvalue weighted by atomic mass is 10.2. The molecule has 0 bridgehead atoms. The van der Waals surface area contributed by atoms with Gasteiger partial charge < -0.3 is 10.5 Å². The number of nitrogens with two attached hydrogens (primary N) is 1. The number of benzene rings is 2. The van der Waals surface area contributed by atoms with E-state index in [-0.39, 0.29) is 0 Å². The van der Waals surface area contributed by atoms with Gasteiger partial charge >= 0.3 is 0 Å². The number of anilines is 1. The van der Waals surface area contributed by atoms with Crippen LogP contribution in [0, 0.1) is 3.57 Å². The molecule has 0 amide bonds. The third kappa shape index (κ3) is 3.35. The Morgan fingerprint density at radius 2 is 1.82 bits per heavy atom. The number of para-hydroxylation sites is 1. The highest BCUT2D eigenvalue weighted by Gasteiger charge is 2.05. The molecule has 0 saturated carbocycles. The molecule has 0 aromatic heterocycles. The zero-order chi connectivity index (χ0) is 12.3. The summed E-state index contributed by atoms with van der Waals surface area (Å²) >= 11 is 5.70. The average molecular weight is 404 g/mol. The number of hydrogen-bond donors (Lipinski definition) is 1. The van der Waals surface area contributed by atoms with Crippen molar-refractivity contribution in [1.29, 1.82) is 0 Å². The molecule has 0 saturated heterocycles. The lowest BCUT2D eigenvalue weighted by molar-refractivity contribution is 0.306. The summed E-state index contributed by atoms with van der Waals surface area (Å²) in [4.78, 5) is 0. The van der Waals surface area contributed by atoms with E-state index >= 15 is 0 Å². The summed E-state index contributed by atoms with van der Waals surface area (Å²) in [6.45, 7) is 0.518. The van der Waals surface area contributed by atoms with Gasteiger partial charge in [0.05, 0.1) is 10.2 Å². The number of rotatable bonds is 3. The molecule has 0 fully saturated rings. The first-order chi connectivity index (χ1) is 8.16. The number of hydrogen-bond acceptors (Lipinski definition) is 2. The van der Waals surface area contributed by atoms with Crippen molar-refractivity contribution < 1.29 is 4.74 Å². The van der Waals surface area contributed by atoms with Gasteiger partial charge in [-0.2, -0.15) is 0 Å². The molecular formula is C13H11BrINO. The third-order valence-electron chi connectivity index (χ3n) is 2.29. The van der Waals surface area contributed by atoms with E-state index in [4.69, 9.17) is 10.5 Å². The van der Waals surface area contributed by atoms with Gasteiger partial charge in [0.25, 0.3) is 0 Å². The van der Waals surface area contributed by atoms with Crippen LogP contribution < -0.4 is 10.5 Å². The summed E-state index contributed by atoms with van der Waals surface area (Å²) in [6, 6.07) is 13.8. The Kier molecular flexibility index (Phi) is 4.28. The van der Waals surface area contributed by atoms with E-state index in [0.717, 1.165) is 10.0 Å². The summed E-state index contributed by atoms with van der Waals surface area (Å²) in [7, 11) is 0. The second-order valence-electron chi connectivity index (χ2n) is 3.57. The molecule has 0 unspecified atom stereocenters. The first-order valence-electron chi connectivity index (χ1n) is 5.08. The fourth-order valence-corrected chi connectivity index (χ4v) is 2.27. The molecular weight excluding hydrogens is 393 g/mol. The van der Waals surface area contributed by atoms with Gasteiger partial charge in [0, 0.05) is 3.57 Å². The van der Waals surface area contributed by atoms with Crippen molar-refractivity contribution in [1.82, 2.24) is 0 Å². The van der Waals surface area contributed by atoms with E-state index in [1.54, 1.807) is 0 Å². The Hall–Kier alpha value is -0.750. The Morgan fingerprint density at radius 1 is 1.12 bits per heavy atom. The third-order valence-corrected chi connectivity index (χ3v) is 3.64. The van der Waals surface area contributed by atoms with Crippen molar-refractivity contribution in [3.05, 3.63) is 56.1 Å². The van der Waals surface area contributed by atoms with Crippen LogP contribution in [0.1, 0.15) is 5.56 Å². The molecule has 0 radical (unpaired) electrons. The van der Waals surface area contributed by atoms with E-state index in [9.17, 15) is 0 Å². The normalized spacial score (nSPS) is 10.2. The predicted molar refractivity (Wildman–Crippen MR) is 82.0 cm³/mol. The highest BCUT2D eigenvalue weighted by atomic mass is 127. The van der Waals surface area contributed by atoms with Crippen LogP contribution in [0.25, 0.3) is 0 Å². The Labute approximate surface area is 122 Å². The van der Waals surface area contributed by atoms with Gasteiger partial charge in [-0.25, -0.2) is 0 Å². The molecule has 2 aromatic rings. The molecule has 0 atom stereocenters. The monoisotopic (exact) mass is 403 g/mol. The van der Waals surface area contributed by atoms with Crippen LogP contribution >= 0.6 is 38.5 Å². The molecule has 4 heteroatoms. The van der Waals surface area contributed by atoms with Crippen LogP contribution in [-0.4, -0.2) is 0 Å². The molecule has 2 rings (SSSR count). The second kappa shape index (κ2) is 5.73. The second-order valence-corrected chi connectivity index (χ2v) is 5.67. The maximum absolute atomic E-state index is 5.85. The fraction of sp³-hybridized carbons (Fsp3) is 0.0769. The first-order valence-corrected chi connectivity index (χ1v) is 6.95. The molecule has 2 aromatic carbocycles. The number of nitrogen functional groups attached to an aromatic ring is 1. The molecule has 0 aliphatic heterocycles. The van der Waals surface area contributed by atoms with Gasteiger partial charge in [-0.3, -0.25) is 0 Å². The van der Waals surface area contributed by atoms with Gasteiger partial charge in [0.15, 0.2) is 5.75 Å². The zero-order valence-electron chi connectivity index (χ0n) is 8.99. The van der Waals surface area contributed by atoms with Crippen LogP contribution in [0.2, 0.25) is 0 Å². The fourth-order valence-electron chi connectivity index (χ4n) is 1.41. The molecule has 88 valence electrons. The largest absolute Gasteiger partial charge is 0.486 e. The van der Waals surface area contributed by atoms with E-state index in [1.165, 1.54) is 3.57 Å². The minimum atomic E-state index is 0.518.